The number of phenolic OH excluding ortho intramolecular Hbond substituents is 2. The second-order valence-corrected chi connectivity index (χ2v) is 19.5. The van der Waals surface area contributed by atoms with Gasteiger partial charge in [-0.3, -0.25) is 19.1 Å². The highest BCUT2D eigenvalue weighted by Crippen LogP contribution is 2.41. The summed E-state index contributed by atoms with van der Waals surface area (Å²) in [6, 6.07) is 15.7. The van der Waals surface area contributed by atoms with E-state index >= 15 is 0 Å². The van der Waals surface area contributed by atoms with Crippen molar-refractivity contribution < 1.29 is 36.2 Å². The van der Waals surface area contributed by atoms with Crippen LogP contribution in [0.2, 0.25) is 0 Å². The molecule has 1 heterocycles. The first-order valence-corrected chi connectivity index (χ1v) is 19.8. The molecule has 0 amide bonds. The van der Waals surface area contributed by atoms with Crippen molar-refractivity contribution in [3.05, 3.63) is 94.6 Å². The Morgan fingerprint density at radius 2 is 1.04 bits per heavy atom. The van der Waals surface area contributed by atoms with Gasteiger partial charge in [-0.05, 0) is 76.1 Å². The van der Waals surface area contributed by atoms with Gasteiger partial charge in [-0.1, -0.05) is 92.6 Å². The summed E-state index contributed by atoms with van der Waals surface area (Å²) in [5.74, 6) is -0.482. The molecule has 1 atom stereocenters. The lowest BCUT2D eigenvalue weighted by molar-refractivity contribution is 0.347. The normalized spacial score (nSPS) is 13.9. The molecule has 4 aromatic rings. The molecule has 14 heteroatoms. The van der Waals surface area contributed by atoms with E-state index in [0.29, 0.717) is 5.82 Å². The molecule has 4 N–H and O–H groups in total. The van der Waals surface area contributed by atoms with Crippen molar-refractivity contribution in [1.82, 2.24) is 9.97 Å². The van der Waals surface area contributed by atoms with E-state index in [4.69, 9.17) is 9.97 Å². The molecule has 0 bridgehead atoms. The molecule has 0 saturated carbocycles. The third-order valence-corrected chi connectivity index (χ3v) is 9.70. The average Bonchev–Trinajstić information content (AvgIpc) is 2.99. The van der Waals surface area contributed by atoms with Gasteiger partial charge in [0.05, 0.1) is 33.6 Å². The first-order chi connectivity index (χ1) is 24.2. The van der Waals surface area contributed by atoms with E-state index in [1.165, 1.54) is 30.6 Å². The van der Waals surface area contributed by atoms with Gasteiger partial charge in [-0.2, -0.15) is 16.8 Å². The smallest absolute Gasteiger partial charge is 0.294 e. The summed E-state index contributed by atoms with van der Waals surface area (Å²) < 4.78 is 68.5. The number of phenols is 2. The molecule has 0 fully saturated rings. The molecule has 0 unspecified atom stereocenters. The zero-order chi connectivity index (χ0) is 39.7. The van der Waals surface area contributed by atoms with Gasteiger partial charge in [0.2, 0.25) is 0 Å². The SMILES string of the molecule is CC(C)(C)Cc1cc(S(=O)(=O)O)cc(/N=C/c2cc(/C=N/c3cc(S(=O)(=O)O)cc(CC(C)(C)C)c3O)nc([C@@H](c3ccccc3)C(C)(C)C)n2)c1O. The van der Waals surface area contributed by atoms with E-state index in [9.17, 15) is 36.2 Å². The van der Waals surface area contributed by atoms with Gasteiger partial charge in [0.15, 0.2) is 0 Å². The summed E-state index contributed by atoms with van der Waals surface area (Å²) in [7, 11) is -9.28. The molecule has 0 aliphatic carbocycles. The fourth-order valence-corrected chi connectivity index (χ4v) is 7.03. The minimum atomic E-state index is -4.64. The van der Waals surface area contributed by atoms with Crippen LogP contribution < -0.4 is 0 Å². The molecule has 3 aromatic carbocycles. The molecule has 0 aliphatic heterocycles. The van der Waals surface area contributed by atoms with Crippen LogP contribution in [-0.2, 0) is 33.1 Å². The summed E-state index contributed by atoms with van der Waals surface area (Å²) >= 11 is 0. The van der Waals surface area contributed by atoms with E-state index in [2.05, 4.69) is 9.98 Å². The van der Waals surface area contributed by atoms with Crippen LogP contribution in [0.15, 0.2) is 80.4 Å². The van der Waals surface area contributed by atoms with Crippen LogP contribution in [0.1, 0.15) is 102 Å². The van der Waals surface area contributed by atoms with Gasteiger partial charge in [-0.25, -0.2) is 9.97 Å². The van der Waals surface area contributed by atoms with E-state index in [1.54, 1.807) is 0 Å². The van der Waals surface area contributed by atoms with Crippen LogP contribution >= 0.6 is 0 Å². The minimum absolute atomic E-state index is 0.108. The molecular weight excluding hydrogens is 717 g/mol. The predicted molar refractivity (Wildman–Crippen MR) is 206 cm³/mol. The molecule has 4 rings (SSSR count). The summed E-state index contributed by atoms with van der Waals surface area (Å²) in [6.45, 7) is 17.6. The summed E-state index contributed by atoms with van der Waals surface area (Å²) in [5.41, 5.74) is 0.693. The van der Waals surface area contributed by atoms with E-state index in [1.807, 2.05) is 92.6 Å². The van der Waals surface area contributed by atoms with Crippen molar-refractivity contribution in [3.8, 4) is 11.5 Å². The molecule has 0 spiro atoms. The molecule has 0 saturated heterocycles. The van der Waals surface area contributed by atoms with Gasteiger partial charge >= 0.3 is 0 Å². The highest BCUT2D eigenvalue weighted by Gasteiger charge is 2.31. The van der Waals surface area contributed by atoms with Crippen molar-refractivity contribution in [2.45, 2.75) is 90.9 Å². The molecule has 0 aliphatic rings. The van der Waals surface area contributed by atoms with Crippen molar-refractivity contribution in [3.63, 3.8) is 0 Å². The number of hydrogen-bond donors (Lipinski definition) is 4. The Bertz CT molecular complexity index is 2140. The van der Waals surface area contributed by atoms with Gasteiger partial charge < -0.3 is 10.2 Å². The van der Waals surface area contributed by atoms with Crippen LogP contribution in [0.3, 0.4) is 0 Å². The lowest BCUT2D eigenvalue weighted by Crippen LogP contribution is -2.23. The van der Waals surface area contributed by atoms with Crippen LogP contribution in [0.4, 0.5) is 11.4 Å². The maximum absolute atomic E-state index is 12.2. The zero-order valence-electron chi connectivity index (χ0n) is 31.4. The first kappa shape index (κ1) is 41.3. The van der Waals surface area contributed by atoms with E-state index in [0.717, 1.165) is 17.7 Å². The van der Waals surface area contributed by atoms with Crippen LogP contribution in [0, 0.1) is 16.2 Å². The molecule has 284 valence electrons. The van der Waals surface area contributed by atoms with Crippen LogP contribution in [0.25, 0.3) is 0 Å². The Kier molecular flexibility index (Phi) is 11.7. The summed E-state index contributed by atoms with van der Waals surface area (Å²) in [5, 5.41) is 22.3. The zero-order valence-corrected chi connectivity index (χ0v) is 33.1. The van der Waals surface area contributed by atoms with Crippen LogP contribution in [-0.4, -0.2) is 58.6 Å². The number of aromatic nitrogens is 2. The Balaban J connectivity index is 1.95. The highest BCUT2D eigenvalue weighted by molar-refractivity contribution is 7.86. The summed E-state index contributed by atoms with van der Waals surface area (Å²) in [6.07, 6.45) is 3.23. The number of aromatic hydroxyl groups is 2. The maximum atomic E-state index is 12.2. The Hall–Kier alpha value is -4.50. The van der Waals surface area contributed by atoms with Gasteiger partial charge in [0.1, 0.15) is 28.7 Å². The monoisotopic (exact) mass is 764 g/mol. The Morgan fingerprint density at radius 3 is 1.38 bits per heavy atom. The standard InChI is InChI=1S/C39H48N4O8S2/c1-37(2,3)20-25-15-29(52(46,47)48)18-31(34(25)44)40-22-27-17-28(43-36(42-27)33(39(7,8)9)24-13-11-10-12-14-24)23-41-32-19-30(53(49,50)51)16-26(35(32)45)21-38(4,5)6/h10-19,22-23,33,44-45H,20-21H2,1-9H3,(H,46,47,48)(H,49,50,51)/b40-22+,41-23+/t33-/m1/s1. The first-order valence-electron chi connectivity index (χ1n) is 16.9. The predicted octanol–water partition coefficient (Wildman–Crippen LogP) is 8.24. The van der Waals surface area contributed by atoms with Crippen molar-refractivity contribution in [2.24, 2.45) is 26.2 Å². The second-order valence-electron chi connectivity index (χ2n) is 16.6. The summed E-state index contributed by atoms with van der Waals surface area (Å²) in [4.78, 5) is 17.6. The second kappa shape index (κ2) is 15.1. The fourth-order valence-electron chi connectivity index (χ4n) is 5.93. The van der Waals surface area contributed by atoms with Crippen molar-refractivity contribution in [2.75, 3.05) is 0 Å². The van der Waals surface area contributed by atoms with E-state index in [-0.39, 0.29) is 75.0 Å². The third-order valence-electron chi connectivity index (χ3n) is 8.03. The third kappa shape index (κ3) is 11.2. The quantitative estimate of drug-likeness (QED) is 0.0901. The molecule has 0 radical (unpaired) electrons. The Labute approximate surface area is 312 Å². The number of hydrogen-bond acceptors (Lipinski definition) is 10. The highest BCUT2D eigenvalue weighted by atomic mass is 32.2. The fraction of sp³-hybridized carbons (Fsp3) is 0.385. The molecule has 12 nitrogen and oxygen atoms in total. The van der Waals surface area contributed by atoms with Gasteiger partial charge in [0.25, 0.3) is 20.2 Å². The lowest BCUT2D eigenvalue weighted by atomic mass is 9.76. The maximum Gasteiger partial charge on any atom is 0.294 e. The number of rotatable bonds is 10. The topological polar surface area (TPSA) is 200 Å². The van der Waals surface area contributed by atoms with E-state index < -0.39 is 35.4 Å². The molecule has 1 aromatic heterocycles. The number of benzene rings is 3. The van der Waals surface area contributed by atoms with Crippen LogP contribution in [0.5, 0.6) is 11.5 Å². The number of aliphatic imine (C=N–C) groups is 2. The molecular formula is C39H48N4O8S2. The Morgan fingerprint density at radius 1 is 0.642 bits per heavy atom. The lowest BCUT2D eigenvalue weighted by Gasteiger charge is -2.30. The average molecular weight is 765 g/mol. The van der Waals surface area contributed by atoms with Gasteiger partial charge in [-0.15, -0.1) is 0 Å². The van der Waals surface area contributed by atoms with Crippen molar-refractivity contribution >= 4 is 44.0 Å². The minimum Gasteiger partial charge on any atom is -0.505 e. The molecule has 53 heavy (non-hydrogen) atoms. The largest absolute Gasteiger partial charge is 0.505 e. The van der Waals surface area contributed by atoms with Crippen molar-refractivity contribution in [1.29, 1.82) is 0 Å². The number of nitrogens with zero attached hydrogens (tertiary/aromatic N) is 4. The van der Waals surface area contributed by atoms with Gasteiger partial charge in [0, 0.05) is 5.92 Å².